The number of ether oxygens (including phenoxy) is 2. The van der Waals surface area contributed by atoms with Gasteiger partial charge in [0.25, 0.3) is 0 Å². The van der Waals surface area contributed by atoms with Gasteiger partial charge in [0.15, 0.2) is 12.2 Å². The molecule has 0 aliphatic heterocycles. The third kappa shape index (κ3) is 5.68. The van der Waals surface area contributed by atoms with Crippen LogP contribution < -0.4 is 0 Å². The van der Waals surface area contributed by atoms with Crippen molar-refractivity contribution >= 4 is 11.9 Å². The molecule has 0 radical (unpaired) electrons. The van der Waals surface area contributed by atoms with Gasteiger partial charge in [0.1, 0.15) is 0 Å². The molecule has 2 aromatic rings. The number of carbonyl (C=O) groups is 2. The standard InChI is InChI=1S/C20H22O6/c1-13-3-7-15(8-4-13)11-25-17(19(21)22)18(20(23)24)26-12-16-9-5-14(2)6-10-16/h3-10,17-18H,11-12H2,1-2H3,(H,21,22)(H,23,24)/t17-,18-/m0/s1. The highest BCUT2D eigenvalue weighted by atomic mass is 16.6. The van der Waals surface area contributed by atoms with Crippen molar-refractivity contribution in [1.29, 1.82) is 0 Å². The fourth-order valence-corrected chi connectivity index (χ4v) is 2.32. The minimum absolute atomic E-state index is 0.0189. The van der Waals surface area contributed by atoms with E-state index in [1.165, 1.54) is 0 Å². The molecule has 0 saturated carbocycles. The van der Waals surface area contributed by atoms with Crippen molar-refractivity contribution < 1.29 is 29.3 Å². The number of carboxylic acid groups (broad SMARTS) is 2. The molecular weight excluding hydrogens is 336 g/mol. The van der Waals surface area contributed by atoms with Crippen LogP contribution in [0.3, 0.4) is 0 Å². The number of aliphatic carboxylic acids is 2. The van der Waals surface area contributed by atoms with Crippen LogP contribution in [-0.4, -0.2) is 34.4 Å². The van der Waals surface area contributed by atoms with Gasteiger partial charge in [-0.25, -0.2) is 9.59 Å². The van der Waals surface area contributed by atoms with Crippen LogP contribution >= 0.6 is 0 Å². The Hall–Kier alpha value is -2.70. The Balaban J connectivity index is 2.04. The van der Waals surface area contributed by atoms with Crippen molar-refractivity contribution in [2.75, 3.05) is 0 Å². The summed E-state index contributed by atoms with van der Waals surface area (Å²) in [6, 6.07) is 14.7. The highest BCUT2D eigenvalue weighted by Crippen LogP contribution is 2.14. The minimum Gasteiger partial charge on any atom is -0.479 e. The van der Waals surface area contributed by atoms with Gasteiger partial charge in [-0.3, -0.25) is 0 Å². The second kappa shape index (κ2) is 9.12. The maximum absolute atomic E-state index is 11.5. The number of rotatable bonds is 9. The number of carboxylic acids is 2. The Kier molecular flexibility index (Phi) is 6.89. The van der Waals surface area contributed by atoms with Crippen LogP contribution in [0, 0.1) is 13.8 Å². The summed E-state index contributed by atoms with van der Waals surface area (Å²) < 4.78 is 10.7. The van der Waals surface area contributed by atoms with E-state index >= 15 is 0 Å². The van der Waals surface area contributed by atoms with E-state index in [2.05, 4.69) is 0 Å². The van der Waals surface area contributed by atoms with Gasteiger partial charge in [0.2, 0.25) is 0 Å². The van der Waals surface area contributed by atoms with Crippen LogP contribution in [0.25, 0.3) is 0 Å². The zero-order valence-electron chi connectivity index (χ0n) is 14.7. The molecule has 0 fully saturated rings. The molecule has 0 aliphatic rings. The second-order valence-corrected chi connectivity index (χ2v) is 6.11. The average molecular weight is 358 g/mol. The van der Waals surface area contributed by atoms with Gasteiger partial charge in [0.05, 0.1) is 13.2 Å². The van der Waals surface area contributed by atoms with Gasteiger partial charge < -0.3 is 19.7 Å². The Labute approximate surface area is 152 Å². The molecule has 6 nitrogen and oxygen atoms in total. The predicted octanol–water partition coefficient (Wildman–Crippen LogP) is 2.94. The monoisotopic (exact) mass is 358 g/mol. The lowest BCUT2D eigenvalue weighted by atomic mass is 10.1. The fraction of sp³-hybridized carbons (Fsp3) is 0.300. The SMILES string of the molecule is Cc1ccc(CO[C@H](C(=O)O)[C@H](OCc2ccc(C)cc2)C(=O)O)cc1. The fourth-order valence-electron chi connectivity index (χ4n) is 2.32. The summed E-state index contributed by atoms with van der Waals surface area (Å²) in [6.07, 6.45) is -3.22. The molecule has 138 valence electrons. The summed E-state index contributed by atoms with van der Waals surface area (Å²) in [5, 5.41) is 18.8. The van der Waals surface area contributed by atoms with Crippen LogP contribution in [-0.2, 0) is 32.3 Å². The molecule has 0 bridgehead atoms. The molecule has 0 unspecified atom stereocenters. The van der Waals surface area contributed by atoms with E-state index in [4.69, 9.17) is 9.47 Å². The lowest BCUT2D eigenvalue weighted by Gasteiger charge is -2.21. The first-order valence-electron chi connectivity index (χ1n) is 8.16. The van der Waals surface area contributed by atoms with Crippen molar-refractivity contribution in [3.8, 4) is 0 Å². The molecule has 26 heavy (non-hydrogen) atoms. The number of aryl methyl sites for hydroxylation is 2. The van der Waals surface area contributed by atoms with Crippen LogP contribution in [0.2, 0.25) is 0 Å². The molecular formula is C20H22O6. The topological polar surface area (TPSA) is 93.1 Å². The van der Waals surface area contributed by atoms with Crippen molar-refractivity contribution in [3.05, 3.63) is 70.8 Å². The van der Waals surface area contributed by atoms with Crippen LogP contribution in [0.5, 0.6) is 0 Å². The molecule has 0 heterocycles. The van der Waals surface area contributed by atoms with Crippen molar-refractivity contribution in [3.63, 3.8) is 0 Å². The van der Waals surface area contributed by atoms with Crippen LogP contribution in [0.4, 0.5) is 0 Å². The van der Waals surface area contributed by atoms with E-state index in [1.807, 2.05) is 38.1 Å². The minimum atomic E-state index is -1.61. The number of benzene rings is 2. The summed E-state index contributed by atoms with van der Waals surface area (Å²) in [6.45, 7) is 3.83. The predicted molar refractivity (Wildman–Crippen MR) is 94.8 cm³/mol. The first-order valence-corrected chi connectivity index (χ1v) is 8.16. The Morgan fingerprint density at radius 2 is 1.04 bits per heavy atom. The van der Waals surface area contributed by atoms with E-state index < -0.39 is 24.1 Å². The zero-order valence-corrected chi connectivity index (χ0v) is 14.7. The quantitative estimate of drug-likeness (QED) is 0.716. The number of hydrogen-bond donors (Lipinski definition) is 2. The summed E-state index contributed by atoms with van der Waals surface area (Å²) in [4.78, 5) is 23.0. The molecule has 2 atom stereocenters. The van der Waals surface area contributed by atoms with Gasteiger partial charge >= 0.3 is 11.9 Å². The van der Waals surface area contributed by atoms with Crippen molar-refractivity contribution in [2.45, 2.75) is 39.3 Å². The molecule has 0 spiro atoms. The Morgan fingerprint density at radius 3 is 1.31 bits per heavy atom. The van der Waals surface area contributed by atoms with Crippen molar-refractivity contribution in [2.24, 2.45) is 0 Å². The molecule has 2 aromatic carbocycles. The summed E-state index contributed by atoms with van der Waals surface area (Å²) in [7, 11) is 0. The lowest BCUT2D eigenvalue weighted by Crippen LogP contribution is -2.43. The van der Waals surface area contributed by atoms with Gasteiger partial charge in [-0.1, -0.05) is 59.7 Å². The third-order valence-electron chi connectivity index (χ3n) is 3.86. The second-order valence-electron chi connectivity index (χ2n) is 6.11. The lowest BCUT2D eigenvalue weighted by molar-refractivity contribution is -0.179. The highest BCUT2D eigenvalue weighted by Gasteiger charge is 2.36. The Bertz CT molecular complexity index is 670. The largest absolute Gasteiger partial charge is 0.479 e. The van der Waals surface area contributed by atoms with Gasteiger partial charge in [0, 0.05) is 0 Å². The molecule has 0 saturated heterocycles. The molecule has 0 aromatic heterocycles. The number of hydrogen-bond acceptors (Lipinski definition) is 4. The summed E-state index contributed by atoms with van der Waals surface area (Å²) in [5.41, 5.74) is 3.64. The van der Waals surface area contributed by atoms with E-state index in [-0.39, 0.29) is 13.2 Å². The first kappa shape index (κ1) is 19.6. The molecule has 2 N–H and O–H groups in total. The van der Waals surface area contributed by atoms with Crippen LogP contribution in [0.1, 0.15) is 22.3 Å². The van der Waals surface area contributed by atoms with Gasteiger partial charge in [-0.15, -0.1) is 0 Å². The molecule has 0 amide bonds. The van der Waals surface area contributed by atoms with E-state index in [0.29, 0.717) is 0 Å². The molecule has 0 aliphatic carbocycles. The highest BCUT2D eigenvalue weighted by molar-refractivity contribution is 5.83. The first-order chi connectivity index (χ1) is 12.4. The van der Waals surface area contributed by atoms with E-state index in [0.717, 1.165) is 22.3 Å². The Morgan fingerprint density at radius 1 is 0.731 bits per heavy atom. The van der Waals surface area contributed by atoms with Gasteiger partial charge in [-0.05, 0) is 25.0 Å². The van der Waals surface area contributed by atoms with Crippen LogP contribution in [0.15, 0.2) is 48.5 Å². The van der Waals surface area contributed by atoms with Crippen molar-refractivity contribution in [1.82, 2.24) is 0 Å². The zero-order chi connectivity index (χ0) is 19.1. The average Bonchev–Trinajstić information content (AvgIpc) is 2.60. The maximum atomic E-state index is 11.5. The summed E-state index contributed by atoms with van der Waals surface area (Å²) >= 11 is 0. The molecule has 6 heteroatoms. The maximum Gasteiger partial charge on any atom is 0.336 e. The smallest absolute Gasteiger partial charge is 0.336 e. The molecule has 2 rings (SSSR count). The van der Waals surface area contributed by atoms with E-state index in [9.17, 15) is 19.8 Å². The third-order valence-corrected chi connectivity index (χ3v) is 3.86. The van der Waals surface area contributed by atoms with Gasteiger partial charge in [-0.2, -0.15) is 0 Å². The van der Waals surface area contributed by atoms with E-state index in [1.54, 1.807) is 24.3 Å². The normalized spacial score (nSPS) is 13.2. The summed E-state index contributed by atoms with van der Waals surface area (Å²) in [5.74, 6) is -2.76.